The van der Waals surface area contributed by atoms with E-state index < -0.39 is 11.9 Å². The van der Waals surface area contributed by atoms with Crippen molar-refractivity contribution in [2.24, 2.45) is 0 Å². The highest BCUT2D eigenvalue weighted by Gasteiger charge is 2.46. The van der Waals surface area contributed by atoms with Crippen molar-refractivity contribution in [3.63, 3.8) is 0 Å². The van der Waals surface area contributed by atoms with Crippen molar-refractivity contribution < 1.29 is 14.2 Å². The molecule has 4 heterocycles. The zero-order valence-electron chi connectivity index (χ0n) is 27.7. The van der Waals surface area contributed by atoms with Crippen LogP contribution in [0.25, 0.3) is 5.69 Å². The summed E-state index contributed by atoms with van der Waals surface area (Å²) < 4.78 is 22.0. The molecule has 12 nitrogen and oxygen atoms in total. The quantitative estimate of drug-likeness (QED) is 0.156. The average molecular weight is 740 g/mol. The van der Waals surface area contributed by atoms with E-state index in [4.69, 9.17) is 49.0 Å². The minimum atomic E-state index is -1.22. The van der Waals surface area contributed by atoms with Crippen molar-refractivity contribution >= 4 is 46.2 Å². The van der Waals surface area contributed by atoms with Gasteiger partial charge in [0.2, 0.25) is 5.79 Å². The van der Waals surface area contributed by atoms with Gasteiger partial charge in [-0.25, -0.2) is 14.0 Å². The molecule has 0 radical (unpaired) electrons. The van der Waals surface area contributed by atoms with Crippen LogP contribution < -0.4 is 20.2 Å². The summed E-state index contributed by atoms with van der Waals surface area (Å²) in [6.45, 7) is 8.04. The van der Waals surface area contributed by atoms with Crippen LogP contribution in [0.15, 0.2) is 84.2 Å². The number of piperazine rings is 1. The first-order valence-corrected chi connectivity index (χ1v) is 17.7. The van der Waals surface area contributed by atoms with E-state index in [1.165, 1.54) is 9.48 Å². The highest BCUT2D eigenvalue weighted by atomic mass is 35.5. The number of hydrogen-bond acceptors (Lipinski definition) is 9. The minimum Gasteiger partial charge on any atom is -0.489 e. The molecule has 262 valence electrons. The van der Waals surface area contributed by atoms with E-state index in [0.29, 0.717) is 26.4 Å². The van der Waals surface area contributed by atoms with Crippen LogP contribution in [0.1, 0.15) is 31.9 Å². The maximum absolute atomic E-state index is 12.8. The van der Waals surface area contributed by atoms with Crippen LogP contribution in [0, 0.1) is 0 Å². The van der Waals surface area contributed by atoms with Gasteiger partial charge in [0, 0.05) is 48.1 Å². The SMILES string of the molecule is CCC(C)n1ncn(-c2ccc(N3CCN(c4ccc(OCC5COC(Cn6nccn6)(c6ccc(Cl)cc6Cl)O5)c(Cl)c4)CC3)cc2)c1=O. The monoisotopic (exact) mass is 738 g/mol. The van der Waals surface area contributed by atoms with E-state index in [0.717, 1.165) is 49.7 Å². The molecule has 7 rings (SSSR count). The Kier molecular flexibility index (Phi) is 10.1. The first-order valence-electron chi connectivity index (χ1n) is 16.5. The highest BCUT2D eigenvalue weighted by Crippen LogP contribution is 2.41. The van der Waals surface area contributed by atoms with Crippen molar-refractivity contribution in [2.75, 3.05) is 49.2 Å². The lowest BCUT2D eigenvalue weighted by atomic mass is 10.1. The van der Waals surface area contributed by atoms with E-state index in [9.17, 15) is 4.79 Å². The predicted molar refractivity (Wildman–Crippen MR) is 193 cm³/mol. The third kappa shape index (κ3) is 7.08. The van der Waals surface area contributed by atoms with Gasteiger partial charge < -0.3 is 24.0 Å². The molecule has 3 unspecified atom stereocenters. The van der Waals surface area contributed by atoms with Gasteiger partial charge in [-0.2, -0.15) is 20.1 Å². The molecular weight excluding hydrogens is 703 g/mol. The van der Waals surface area contributed by atoms with E-state index in [1.807, 2.05) is 44.2 Å². The first-order chi connectivity index (χ1) is 24.2. The van der Waals surface area contributed by atoms with E-state index in [-0.39, 0.29) is 31.5 Å². The largest absolute Gasteiger partial charge is 0.489 e. The maximum Gasteiger partial charge on any atom is 0.350 e. The second-order valence-electron chi connectivity index (χ2n) is 12.4. The van der Waals surface area contributed by atoms with Gasteiger partial charge in [-0.3, -0.25) is 0 Å². The Labute approximate surface area is 304 Å². The van der Waals surface area contributed by atoms with Crippen LogP contribution in [0.2, 0.25) is 15.1 Å². The van der Waals surface area contributed by atoms with E-state index in [1.54, 1.807) is 41.5 Å². The van der Waals surface area contributed by atoms with Gasteiger partial charge in [-0.1, -0.05) is 47.8 Å². The van der Waals surface area contributed by atoms with Crippen molar-refractivity contribution in [2.45, 2.75) is 44.7 Å². The molecule has 0 N–H and O–H groups in total. The molecule has 5 aromatic rings. The van der Waals surface area contributed by atoms with Crippen LogP contribution in [0.5, 0.6) is 5.75 Å². The summed E-state index contributed by atoms with van der Waals surface area (Å²) in [5.74, 6) is -0.661. The Hall–Kier alpha value is -4.07. The molecule has 0 spiro atoms. The number of benzene rings is 3. The molecule has 3 aromatic carbocycles. The number of ether oxygens (including phenoxy) is 3. The Morgan fingerprint density at radius 3 is 2.24 bits per heavy atom. The molecule has 0 bridgehead atoms. The third-order valence-corrected chi connectivity index (χ3v) is 10.0. The topological polar surface area (TPSA) is 105 Å². The lowest BCUT2D eigenvalue weighted by Crippen LogP contribution is -2.46. The first kappa shape index (κ1) is 34.4. The van der Waals surface area contributed by atoms with Crippen LogP contribution in [0.3, 0.4) is 0 Å². The number of hydrogen-bond donors (Lipinski definition) is 0. The maximum atomic E-state index is 12.8. The molecule has 0 saturated carbocycles. The van der Waals surface area contributed by atoms with Crippen LogP contribution >= 0.6 is 34.8 Å². The van der Waals surface area contributed by atoms with Gasteiger partial charge in [-0.05, 0) is 67.9 Å². The molecule has 2 aliphatic rings. The highest BCUT2D eigenvalue weighted by molar-refractivity contribution is 6.35. The fraction of sp³-hybridized carbons (Fsp3) is 0.371. The van der Waals surface area contributed by atoms with Crippen LogP contribution in [-0.2, 0) is 21.8 Å². The predicted octanol–water partition coefficient (Wildman–Crippen LogP) is 6.23. The zero-order chi connectivity index (χ0) is 34.8. The van der Waals surface area contributed by atoms with Gasteiger partial charge in [0.25, 0.3) is 0 Å². The molecule has 0 amide bonds. The normalized spacial score (nSPS) is 20.0. The molecule has 0 aliphatic carbocycles. The molecule has 3 atom stereocenters. The summed E-state index contributed by atoms with van der Waals surface area (Å²) in [5, 5.41) is 14.2. The summed E-state index contributed by atoms with van der Waals surface area (Å²) in [4.78, 5) is 19.0. The Morgan fingerprint density at radius 2 is 1.56 bits per heavy atom. The van der Waals surface area contributed by atoms with Gasteiger partial charge in [0.05, 0.1) is 40.8 Å². The number of anilines is 2. The summed E-state index contributed by atoms with van der Waals surface area (Å²) in [7, 11) is 0. The average Bonchev–Trinajstić information content (AvgIpc) is 3.89. The number of halogens is 3. The van der Waals surface area contributed by atoms with E-state index >= 15 is 0 Å². The summed E-state index contributed by atoms with van der Waals surface area (Å²) in [6.07, 6.45) is 5.21. The summed E-state index contributed by atoms with van der Waals surface area (Å²) >= 11 is 19.5. The number of nitrogens with zero attached hydrogens (tertiary/aromatic N) is 8. The zero-order valence-corrected chi connectivity index (χ0v) is 29.9. The van der Waals surface area contributed by atoms with Gasteiger partial charge in [-0.15, -0.1) is 0 Å². The van der Waals surface area contributed by atoms with Crippen LogP contribution in [-0.4, -0.2) is 74.8 Å². The minimum absolute atomic E-state index is 0.0550. The molecular formula is C35H37Cl3N8O4. The smallest absolute Gasteiger partial charge is 0.350 e. The van der Waals surface area contributed by atoms with Crippen molar-refractivity contribution in [1.29, 1.82) is 0 Å². The second kappa shape index (κ2) is 14.7. The Balaban J connectivity index is 0.947. The molecule has 50 heavy (non-hydrogen) atoms. The fourth-order valence-electron chi connectivity index (χ4n) is 6.27. The Bertz CT molecular complexity index is 1980. The fourth-order valence-corrected chi connectivity index (χ4v) is 7.05. The molecule has 2 fully saturated rings. The molecule has 2 aliphatic heterocycles. The van der Waals surface area contributed by atoms with Crippen molar-refractivity contribution in [1.82, 2.24) is 29.3 Å². The van der Waals surface area contributed by atoms with Gasteiger partial charge in [0.1, 0.15) is 31.3 Å². The van der Waals surface area contributed by atoms with Gasteiger partial charge >= 0.3 is 5.69 Å². The second-order valence-corrected chi connectivity index (χ2v) is 13.6. The standard InChI is InChI=1S/C35H37Cl3N8O4/c1-3-24(2)46-34(47)44(23-41-46)27-7-5-26(6-8-27)42-14-16-43(17-15-42)28-9-11-33(32(38)19-28)48-20-29-21-49-35(50-29,22-45-39-12-13-40-45)30-10-4-25(36)18-31(30)37/h4-13,18-19,23-24,29H,3,14-17,20-22H2,1-2H3. The van der Waals surface area contributed by atoms with Crippen LogP contribution in [0.4, 0.5) is 11.4 Å². The third-order valence-electron chi connectivity index (χ3n) is 9.20. The van der Waals surface area contributed by atoms with Crippen molar-refractivity contribution in [3.8, 4) is 11.4 Å². The van der Waals surface area contributed by atoms with Gasteiger partial charge in [0.15, 0.2) is 0 Å². The lowest BCUT2D eigenvalue weighted by Gasteiger charge is -2.37. The molecule has 2 saturated heterocycles. The summed E-state index contributed by atoms with van der Waals surface area (Å²) in [6, 6.07) is 19.1. The Morgan fingerprint density at radius 1 is 0.880 bits per heavy atom. The number of rotatable bonds is 11. The number of aromatic nitrogens is 6. The lowest BCUT2D eigenvalue weighted by molar-refractivity contribution is -0.192. The van der Waals surface area contributed by atoms with Crippen molar-refractivity contribution in [3.05, 3.63) is 111 Å². The molecule has 2 aromatic heterocycles. The van der Waals surface area contributed by atoms with E-state index in [2.05, 4.69) is 37.2 Å². The summed E-state index contributed by atoms with van der Waals surface area (Å²) in [5.41, 5.74) is 3.44. The molecule has 15 heteroatoms.